The van der Waals surface area contributed by atoms with Crippen molar-refractivity contribution in [2.75, 3.05) is 18.9 Å². The van der Waals surface area contributed by atoms with Gasteiger partial charge in [0.15, 0.2) is 17.7 Å². The number of fused-ring (bicyclic) bond motifs is 2. The lowest BCUT2D eigenvalue weighted by atomic mass is 9.97. The van der Waals surface area contributed by atoms with Crippen LogP contribution in [-0.2, 0) is 16.0 Å². The number of rotatable bonds is 5. The lowest BCUT2D eigenvalue weighted by molar-refractivity contribution is -0.0955. The molecule has 32 heavy (non-hydrogen) atoms. The lowest BCUT2D eigenvalue weighted by Gasteiger charge is -2.28. The minimum Gasteiger partial charge on any atom is -0.491 e. The van der Waals surface area contributed by atoms with Gasteiger partial charge < -0.3 is 25.4 Å². The zero-order valence-corrected chi connectivity index (χ0v) is 17.8. The first-order chi connectivity index (χ1) is 15.4. The summed E-state index contributed by atoms with van der Waals surface area (Å²) >= 11 is 0. The summed E-state index contributed by atoms with van der Waals surface area (Å²) in [5.74, 6) is 1.17. The minimum atomic E-state index is -1.19. The van der Waals surface area contributed by atoms with Crippen LogP contribution in [0, 0.1) is 13.8 Å². The molecule has 1 fully saturated rings. The number of nitrogens with two attached hydrogens (primary N) is 1. The van der Waals surface area contributed by atoms with E-state index in [1.165, 1.54) is 22.8 Å². The Bertz CT molecular complexity index is 1140. The second-order valence-electron chi connectivity index (χ2n) is 8.27. The number of ether oxygens (including phenoxy) is 2. The van der Waals surface area contributed by atoms with Gasteiger partial charge in [-0.3, -0.25) is 9.40 Å². The molecule has 0 radical (unpaired) electrons. The van der Waals surface area contributed by atoms with Crippen LogP contribution in [0.15, 0.2) is 24.8 Å². The molecule has 4 heterocycles. The fourth-order valence-corrected chi connectivity index (χ4v) is 4.19. The molecule has 5 rings (SSSR count). The zero-order valence-electron chi connectivity index (χ0n) is 17.8. The van der Waals surface area contributed by atoms with E-state index in [2.05, 4.69) is 46.4 Å². The number of benzene rings is 1. The van der Waals surface area contributed by atoms with Gasteiger partial charge in [0.25, 0.3) is 0 Å². The van der Waals surface area contributed by atoms with Crippen molar-refractivity contribution in [2.24, 2.45) is 0 Å². The number of aliphatic hydroxyl groups excluding tert-OH is 2. The molecule has 5 atom stereocenters. The molecule has 170 valence electrons. The standard InChI is InChI=1S/C21H26N6O5/c1-10-3-4-12-5-13(6-30-18(12)11(10)2)26-31-7-14-16(28)17(29)21(32-14)27-9-25-15-19(22)23-8-24-20(15)27/h3-4,8-9,13-14,16-17,21,26,28-29H,5-7H2,1-2H3,(H2,22,23,24)/t13?,14-,16-,17-,21-/m1/s1. The summed E-state index contributed by atoms with van der Waals surface area (Å²) in [6, 6.07) is 4.12. The Labute approximate surface area is 184 Å². The van der Waals surface area contributed by atoms with E-state index in [1.54, 1.807) is 0 Å². The summed E-state index contributed by atoms with van der Waals surface area (Å²) in [6.45, 7) is 4.63. The first kappa shape index (κ1) is 21.0. The van der Waals surface area contributed by atoms with Gasteiger partial charge in [-0.2, -0.15) is 5.48 Å². The normalized spacial score (nSPS) is 27.4. The van der Waals surface area contributed by atoms with Crippen LogP contribution >= 0.6 is 0 Å². The molecule has 2 aliphatic heterocycles. The zero-order chi connectivity index (χ0) is 22.4. The maximum atomic E-state index is 10.5. The van der Waals surface area contributed by atoms with Gasteiger partial charge in [0.2, 0.25) is 0 Å². The molecule has 1 saturated heterocycles. The van der Waals surface area contributed by atoms with Gasteiger partial charge in [-0.1, -0.05) is 12.1 Å². The van der Waals surface area contributed by atoms with Crippen LogP contribution in [0.5, 0.6) is 5.75 Å². The topological polar surface area (TPSA) is 150 Å². The van der Waals surface area contributed by atoms with Crippen molar-refractivity contribution < 1.29 is 24.5 Å². The molecule has 5 N–H and O–H groups in total. The van der Waals surface area contributed by atoms with E-state index in [9.17, 15) is 10.2 Å². The SMILES string of the molecule is Cc1ccc2c(c1C)OCC(NOC[C@H]1O[C@@H](n3cnc4c(N)ncnc43)[C@H](O)[C@@H]1O)C2. The number of nitrogens with zero attached hydrogens (tertiary/aromatic N) is 4. The van der Waals surface area contributed by atoms with Gasteiger partial charge in [0.1, 0.15) is 42.5 Å². The van der Waals surface area contributed by atoms with Crippen molar-refractivity contribution in [3.63, 3.8) is 0 Å². The van der Waals surface area contributed by atoms with E-state index in [-0.39, 0.29) is 18.5 Å². The maximum absolute atomic E-state index is 10.5. The summed E-state index contributed by atoms with van der Waals surface area (Å²) in [7, 11) is 0. The van der Waals surface area contributed by atoms with Crippen molar-refractivity contribution in [3.8, 4) is 5.75 Å². The highest BCUT2D eigenvalue weighted by Crippen LogP contribution is 2.33. The quantitative estimate of drug-likeness (QED) is 0.403. The van der Waals surface area contributed by atoms with Crippen molar-refractivity contribution in [1.29, 1.82) is 0 Å². The van der Waals surface area contributed by atoms with Crippen molar-refractivity contribution in [1.82, 2.24) is 25.0 Å². The van der Waals surface area contributed by atoms with Crippen LogP contribution < -0.4 is 16.0 Å². The number of hydrogen-bond donors (Lipinski definition) is 4. The molecule has 3 aromatic rings. The summed E-state index contributed by atoms with van der Waals surface area (Å²) in [6.07, 6.45) is -0.433. The number of aryl methyl sites for hydroxylation is 1. The van der Waals surface area contributed by atoms with Crippen LogP contribution in [0.4, 0.5) is 5.82 Å². The average Bonchev–Trinajstić information content (AvgIpc) is 3.34. The Morgan fingerprint density at radius 1 is 1.22 bits per heavy atom. The van der Waals surface area contributed by atoms with Crippen molar-refractivity contribution >= 4 is 17.0 Å². The molecule has 2 aromatic heterocycles. The third kappa shape index (κ3) is 3.57. The number of nitrogens with one attached hydrogen (secondary N) is 1. The summed E-state index contributed by atoms with van der Waals surface area (Å²) in [5.41, 5.74) is 13.1. The van der Waals surface area contributed by atoms with Crippen molar-refractivity contribution in [3.05, 3.63) is 41.5 Å². The Kier molecular flexibility index (Phi) is 5.43. The third-order valence-corrected chi connectivity index (χ3v) is 6.15. The number of hydrogen-bond acceptors (Lipinski definition) is 10. The van der Waals surface area contributed by atoms with Crippen LogP contribution in [0.1, 0.15) is 22.9 Å². The lowest BCUT2D eigenvalue weighted by Crippen LogP contribution is -2.42. The Balaban J connectivity index is 1.20. The predicted molar refractivity (Wildman–Crippen MR) is 114 cm³/mol. The van der Waals surface area contributed by atoms with Crippen molar-refractivity contribution in [2.45, 2.75) is 50.8 Å². The highest BCUT2D eigenvalue weighted by atomic mass is 16.7. The number of aliphatic hydroxyl groups is 2. The molecule has 1 aromatic carbocycles. The first-order valence-electron chi connectivity index (χ1n) is 10.5. The Morgan fingerprint density at radius 2 is 2.06 bits per heavy atom. The van der Waals surface area contributed by atoms with E-state index >= 15 is 0 Å². The number of aromatic nitrogens is 4. The van der Waals surface area contributed by atoms with Gasteiger partial charge in [-0.25, -0.2) is 15.0 Å². The molecule has 0 spiro atoms. The van der Waals surface area contributed by atoms with E-state index < -0.39 is 24.5 Å². The van der Waals surface area contributed by atoms with Gasteiger partial charge in [0, 0.05) is 0 Å². The van der Waals surface area contributed by atoms with Crippen LogP contribution in [0.25, 0.3) is 11.2 Å². The molecule has 0 bridgehead atoms. The third-order valence-electron chi connectivity index (χ3n) is 6.15. The Morgan fingerprint density at radius 3 is 2.91 bits per heavy atom. The molecule has 2 aliphatic rings. The fourth-order valence-electron chi connectivity index (χ4n) is 4.19. The highest BCUT2D eigenvalue weighted by molar-refractivity contribution is 5.81. The molecule has 11 heteroatoms. The largest absolute Gasteiger partial charge is 0.491 e. The minimum absolute atomic E-state index is 0.0365. The fraction of sp³-hybridized carbons (Fsp3) is 0.476. The molecule has 0 aliphatic carbocycles. The van der Waals surface area contributed by atoms with Crippen LogP contribution in [0.2, 0.25) is 0 Å². The van der Waals surface area contributed by atoms with Crippen LogP contribution in [-0.4, -0.2) is 67.3 Å². The van der Waals surface area contributed by atoms with Gasteiger partial charge in [-0.15, -0.1) is 0 Å². The van der Waals surface area contributed by atoms with E-state index in [4.69, 9.17) is 20.0 Å². The molecule has 0 amide bonds. The van der Waals surface area contributed by atoms with E-state index in [1.807, 2.05) is 0 Å². The second-order valence-corrected chi connectivity index (χ2v) is 8.27. The van der Waals surface area contributed by atoms with E-state index in [0.717, 1.165) is 23.3 Å². The number of hydroxylamine groups is 1. The molecular weight excluding hydrogens is 416 g/mol. The number of nitrogen functional groups attached to an aromatic ring is 1. The molecule has 1 unspecified atom stereocenters. The molecule has 11 nitrogen and oxygen atoms in total. The Hall–Kier alpha value is -2.83. The van der Waals surface area contributed by atoms with Gasteiger partial charge in [0.05, 0.1) is 19.0 Å². The van der Waals surface area contributed by atoms with Crippen LogP contribution in [0.3, 0.4) is 0 Å². The summed E-state index contributed by atoms with van der Waals surface area (Å²) < 4.78 is 13.3. The molecular formula is C21H26N6O5. The summed E-state index contributed by atoms with van der Waals surface area (Å²) in [4.78, 5) is 17.9. The second kappa shape index (κ2) is 8.26. The highest BCUT2D eigenvalue weighted by Gasteiger charge is 2.44. The van der Waals surface area contributed by atoms with Gasteiger partial charge in [-0.05, 0) is 37.0 Å². The number of anilines is 1. The summed E-state index contributed by atoms with van der Waals surface area (Å²) in [5, 5.41) is 21.0. The monoisotopic (exact) mass is 442 g/mol. The van der Waals surface area contributed by atoms with Gasteiger partial charge >= 0.3 is 0 Å². The van der Waals surface area contributed by atoms with E-state index in [0.29, 0.717) is 17.8 Å². The first-order valence-corrected chi connectivity index (χ1v) is 10.5. The average molecular weight is 442 g/mol. The predicted octanol–water partition coefficient (Wildman–Crippen LogP) is 0.169. The number of imidazole rings is 1. The molecule has 0 saturated carbocycles. The smallest absolute Gasteiger partial charge is 0.167 e. The maximum Gasteiger partial charge on any atom is 0.167 e.